The van der Waals surface area contributed by atoms with Crippen molar-refractivity contribution in [3.63, 3.8) is 0 Å². The number of likely N-dealkylation sites (N-methyl/N-ethyl adjacent to an activating group) is 1. The van der Waals surface area contributed by atoms with Crippen molar-refractivity contribution < 1.29 is 4.79 Å². The molecule has 110 valence electrons. The zero-order valence-electron chi connectivity index (χ0n) is 12.7. The van der Waals surface area contributed by atoms with E-state index in [0.29, 0.717) is 12.2 Å². The fourth-order valence-electron chi connectivity index (χ4n) is 2.06. The van der Waals surface area contributed by atoms with Crippen LogP contribution in [0.4, 0.5) is 5.69 Å². The molecule has 0 spiro atoms. The van der Waals surface area contributed by atoms with Gasteiger partial charge in [-0.1, -0.05) is 24.3 Å². The lowest BCUT2D eigenvalue weighted by atomic mass is 10.2. The summed E-state index contributed by atoms with van der Waals surface area (Å²) in [5.74, 6) is -0.132. The van der Waals surface area contributed by atoms with Crippen LogP contribution >= 0.6 is 0 Å². The maximum absolute atomic E-state index is 12.1. The number of carbonyl (C=O) groups is 1. The van der Waals surface area contributed by atoms with Gasteiger partial charge in [0, 0.05) is 31.0 Å². The summed E-state index contributed by atoms with van der Waals surface area (Å²) in [5.41, 5.74) is 2.44. The molecule has 1 atom stereocenters. The molecular weight excluding hydrogens is 262 g/mol. The summed E-state index contributed by atoms with van der Waals surface area (Å²) >= 11 is 0. The number of benzene rings is 1. The summed E-state index contributed by atoms with van der Waals surface area (Å²) in [6.07, 6.45) is 0. The molecule has 0 aliphatic carbocycles. The average molecular weight is 283 g/mol. The number of nitrogens with zero attached hydrogens (tertiary/aromatic N) is 2. The molecule has 4 nitrogen and oxygen atoms in total. The third kappa shape index (κ3) is 4.05. The van der Waals surface area contributed by atoms with Crippen molar-refractivity contribution in [3.05, 3.63) is 59.9 Å². The van der Waals surface area contributed by atoms with E-state index in [1.165, 1.54) is 0 Å². The highest BCUT2D eigenvalue weighted by molar-refractivity contribution is 5.92. The Bertz CT molecular complexity index is 598. The third-order valence-electron chi connectivity index (χ3n) is 3.50. The van der Waals surface area contributed by atoms with Crippen LogP contribution in [-0.4, -0.2) is 30.5 Å². The molecule has 0 saturated carbocycles. The van der Waals surface area contributed by atoms with Crippen LogP contribution in [0.5, 0.6) is 0 Å². The largest absolute Gasteiger partial charge is 0.370 e. The molecule has 1 aromatic heterocycles. The molecule has 1 amide bonds. The van der Waals surface area contributed by atoms with Gasteiger partial charge in [0.15, 0.2) is 0 Å². The lowest BCUT2D eigenvalue weighted by Gasteiger charge is -2.27. The number of nitrogens with one attached hydrogen (secondary N) is 1. The van der Waals surface area contributed by atoms with Crippen LogP contribution < -0.4 is 10.2 Å². The van der Waals surface area contributed by atoms with Crippen LogP contribution in [0.2, 0.25) is 0 Å². The van der Waals surface area contributed by atoms with Crippen LogP contribution in [0.25, 0.3) is 0 Å². The van der Waals surface area contributed by atoms with Crippen molar-refractivity contribution in [2.24, 2.45) is 0 Å². The molecule has 0 saturated heterocycles. The van der Waals surface area contributed by atoms with Crippen LogP contribution in [-0.2, 0) is 0 Å². The second kappa shape index (κ2) is 6.88. The van der Waals surface area contributed by atoms with Gasteiger partial charge in [-0.05, 0) is 38.1 Å². The van der Waals surface area contributed by atoms with Gasteiger partial charge in [-0.2, -0.15) is 0 Å². The number of aryl methyl sites for hydroxylation is 1. The summed E-state index contributed by atoms with van der Waals surface area (Å²) in [7, 11) is 2.02. The summed E-state index contributed by atoms with van der Waals surface area (Å²) < 4.78 is 0. The second-order valence-electron chi connectivity index (χ2n) is 5.17. The Balaban J connectivity index is 1.92. The van der Waals surface area contributed by atoms with Gasteiger partial charge >= 0.3 is 0 Å². The fraction of sp³-hybridized carbons (Fsp3) is 0.294. The molecule has 1 aromatic carbocycles. The zero-order valence-corrected chi connectivity index (χ0v) is 12.7. The SMILES string of the molecule is Cc1cccc(C(=O)NC[C@@H](C)N(C)c2ccccc2)n1. The van der Waals surface area contributed by atoms with Crippen LogP contribution in [0.3, 0.4) is 0 Å². The summed E-state index contributed by atoms with van der Waals surface area (Å²) in [6, 6.07) is 15.8. The highest BCUT2D eigenvalue weighted by atomic mass is 16.1. The Labute approximate surface area is 125 Å². The van der Waals surface area contributed by atoms with E-state index in [-0.39, 0.29) is 11.9 Å². The highest BCUT2D eigenvalue weighted by Crippen LogP contribution is 2.13. The molecule has 2 rings (SSSR count). The van der Waals surface area contributed by atoms with E-state index in [0.717, 1.165) is 11.4 Å². The Hall–Kier alpha value is -2.36. The maximum atomic E-state index is 12.1. The third-order valence-corrected chi connectivity index (χ3v) is 3.50. The van der Waals surface area contributed by atoms with Gasteiger partial charge in [0.05, 0.1) is 0 Å². The molecule has 1 N–H and O–H groups in total. The van der Waals surface area contributed by atoms with Crippen molar-refractivity contribution in [2.75, 3.05) is 18.5 Å². The molecule has 21 heavy (non-hydrogen) atoms. The van der Waals surface area contributed by atoms with Gasteiger partial charge in [0.25, 0.3) is 5.91 Å². The molecule has 0 aliphatic rings. The molecular formula is C17H21N3O. The van der Waals surface area contributed by atoms with E-state index >= 15 is 0 Å². The summed E-state index contributed by atoms with van der Waals surface area (Å²) in [6.45, 7) is 4.53. The summed E-state index contributed by atoms with van der Waals surface area (Å²) in [4.78, 5) is 18.4. The quantitative estimate of drug-likeness (QED) is 0.917. The molecule has 0 radical (unpaired) electrons. The number of aromatic nitrogens is 1. The number of hydrogen-bond donors (Lipinski definition) is 1. The van der Waals surface area contributed by atoms with Crippen molar-refractivity contribution in [2.45, 2.75) is 19.9 Å². The summed E-state index contributed by atoms with van der Waals surface area (Å²) in [5, 5.41) is 2.93. The second-order valence-corrected chi connectivity index (χ2v) is 5.17. The van der Waals surface area contributed by atoms with Gasteiger partial charge in [0.1, 0.15) is 5.69 Å². The maximum Gasteiger partial charge on any atom is 0.269 e. The molecule has 4 heteroatoms. The average Bonchev–Trinajstić information content (AvgIpc) is 2.52. The number of pyridine rings is 1. The fourth-order valence-corrected chi connectivity index (χ4v) is 2.06. The van der Waals surface area contributed by atoms with E-state index in [1.54, 1.807) is 6.07 Å². The number of hydrogen-bond acceptors (Lipinski definition) is 3. The normalized spacial score (nSPS) is 11.8. The number of para-hydroxylation sites is 1. The van der Waals surface area contributed by atoms with Gasteiger partial charge in [-0.3, -0.25) is 4.79 Å². The lowest BCUT2D eigenvalue weighted by Crippen LogP contribution is -2.40. The Kier molecular flexibility index (Phi) is 4.93. The number of carbonyl (C=O) groups excluding carboxylic acids is 1. The van der Waals surface area contributed by atoms with E-state index in [2.05, 4.69) is 34.3 Å². The van der Waals surface area contributed by atoms with Gasteiger partial charge in [-0.25, -0.2) is 4.98 Å². The first-order chi connectivity index (χ1) is 10.1. The van der Waals surface area contributed by atoms with Crippen LogP contribution in [0, 0.1) is 6.92 Å². The highest BCUT2D eigenvalue weighted by Gasteiger charge is 2.12. The van der Waals surface area contributed by atoms with Crippen molar-refractivity contribution in [1.82, 2.24) is 10.3 Å². The van der Waals surface area contributed by atoms with E-state index in [4.69, 9.17) is 0 Å². The van der Waals surface area contributed by atoms with E-state index in [9.17, 15) is 4.79 Å². The minimum Gasteiger partial charge on any atom is -0.370 e. The van der Waals surface area contributed by atoms with Crippen LogP contribution in [0.15, 0.2) is 48.5 Å². The van der Waals surface area contributed by atoms with Crippen molar-refractivity contribution >= 4 is 11.6 Å². The van der Waals surface area contributed by atoms with Crippen LogP contribution in [0.1, 0.15) is 23.1 Å². The first-order valence-electron chi connectivity index (χ1n) is 7.07. The van der Waals surface area contributed by atoms with Gasteiger partial charge in [0.2, 0.25) is 0 Å². The molecule has 0 unspecified atom stereocenters. The number of anilines is 1. The first-order valence-corrected chi connectivity index (χ1v) is 7.07. The lowest BCUT2D eigenvalue weighted by molar-refractivity contribution is 0.0946. The molecule has 0 aliphatic heterocycles. The topological polar surface area (TPSA) is 45.2 Å². The Morgan fingerprint density at radius 2 is 1.90 bits per heavy atom. The monoisotopic (exact) mass is 283 g/mol. The molecule has 0 fully saturated rings. The van der Waals surface area contributed by atoms with Crippen molar-refractivity contribution in [1.29, 1.82) is 0 Å². The minimum absolute atomic E-state index is 0.132. The van der Waals surface area contributed by atoms with Gasteiger partial charge < -0.3 is 10.2 Å². The Morgan fingerprint density at radius 3 is 2.57 bits per heavy atom. The Morgan fingerprint density at radius 1 is 1.19 bits per heavy atom. The number of amides is 1. The number of rotatable bonds is 5. The molecule has 1 heterocycles. The standard InChI is InChI=1S/C17H21N3O/c1-13-8-7-11-16(19-13)17(21)18-12-14(2)20(3)15-9-5-4-6-10-15/h4-11,14H,12H2,1-3H3,(H,18,21)/t14-/m1/s1. The van der Waals surface area contributed by atoms with Gasteiger partial charge in [-0.15, -0.1) is 0 Å². The predicted octanol–water partition coefficient (Wildman–Crippen LogP) is 2.64. The first kappa shape index (κ1) is 15.0. The zero-order chi connectivity index (χ0) is 15.2. The smallest absolute Gasteiger partial charge is 0.269 e. The predicted molar refractivity (Wildman–Crippen MR) is 85.6 cm³/mol. The molecule has 2 aromatic rings. The molecule has 0 bridgehead atoms. The van der Waals surface area contributed by atoms with E-state index < -0.39 is 0 Å². The van der Waals surface area contributed by atoms with Crippen molar-refractivity contribution in [3.8, 4) is 0 Å². The van der Waals surface area contributed by atoms with E-state index in [1.807, 2.05) is 44.3 Å². The minimum atomic E-state index is -0.132.